The Hall–Kier alpha value is -1.15. The Labute approximate surface area is 128 Å². The van der Waals surface area contributed by atoms with Gasteiger partial charge in [0.25, 0.3) is 0 Å². The first-order valence-electron chi connectivity index (χ1n) is 6.21. The zero-order chi connectivity index (χ0) is 15.9. The number of ether oxygens (including phenoxy) is 2. The molecular weight excluding hydrogens is 320 g/mol. The number of aromatic carboxylic acids is 1. The second-order valence-electron chi connectivity index (χ2n) is 4.23. The molecule has 8 heteroatoms. The Morgan fingerprint density at radius 2 is 2.00 bits per heavy atom. The normalized spacial score (nSPS) is 11.5. The van der Waals surface area contributed by atoms with Crippen LogP contribution in [0.3, 0.4) is 0 Å². The summed E-state index contributed by atoms with van der Waals surface area (Å²) < 4.78 is 34.3. The highest BCUT2D eigenvalue weighted by Crippen LogP contribution is 2.24. The Morgan fingerprint density at radius 3 is 2.62 bits per heavy atom. The second kappa shape index (κ2) is 8.33. The van der Waals surface area contributed by atoms with Crippen LogP contribution in [0.1, 0.15) is 16.8 Å². The van der Waals surface area contributed by atoms with Gasteiger partial charge in [0.15, 0.2) is 9.84 Å². The maximum absolute atomic E-state index is 12.2. The molecule has 0 aromatic heterocycles. The first-order chi connectivity index (χ1) is 9.88. The van der Waals surface area contributed by atoms with Crippen LogP contribution in [0.5, 0.6) is 0 Å². The largest absolute Gasteiger partial charge is 0.478 e. The summed E-state index contributed by atoms with van der Waals surface area (Å²) in [4.78, 5) is 10.7. The molecule has 21 heavy (non-hydrogen) atoms. The van der Waals surface area contributed by atoms with Gasteiger partial charge in [-0.25, -0.2) is 13.2 Å². The van der Waals surface area contributed by atoms with Crippen molar-refractivity contribution in [2.45, 2.75) is 11.3 Å². The van der Waals surface area contributed by atoms with Gasteiger partial charge in [-0.1, -0.05) is 11.6 Å². The third-order valence-electron chi connectivity index (χ3n) is 2.65. The Bertz CT molecular complexity index is 584. The summed E-state index contributed by atoms with van der Waals surface area (Å²) in [6.45, 7) is 1.11. The summed E-state index contributed by atoms with van der Waals surface area (Å²) in [6, 6.07) is 3.61. The minimum atomic E-state index is -3.65. The maximum Gasteiger partial charge on any atom is 0.335 e. The molecule has 0 aliphatic heterocycles. The average molecular weight is 337 g/mol. The molecule has 1 aromatic rings. The quantitative estimate of drug-likeness (QED) is 0.692. The minimum absolute atomic E-state index is 0.0142. The molecule has 1 rings (SSSR count). The van der Waals surface area contributed by atoms with E-state index >= 15 is 0 Å². The lowest BCUT2D eigenvalue weighted by molar-refractivity contribution is 0.0696. The van der Waals surface area contributed by atoms with Crippen LogP contribution >= 0.6 is 11.6 Å². The number of hydrogen-bond donors (Lipinski definition) is 1. The predicted molar refractivity (Wildman–Crippen MR) is 77.8 cm³/mol. The highest BCUT2D eigenvalue weighted by Gasteiger charge is 2.19. The van der Waals surface area contributed by atoms with Gasteiger partial charge in [0.05, 0.1) is 34.4 Å². The zero-order valence-electron chi connectivity index (χ0n) is 11.5. The van der Waals surface area contributed by atoms with Gasteiger partial charge in [-0.3, -0.25) is 0 Å². The summed E-state index contributed by atoms with van der Waals surface area (Å²) >= 11 is 5.85. The number of carbonyl (C=O) groups is 1. The molecule has 118 valence electrons. The van der Waals surface area contributed by atoms with Crippen LogP contribution in [0.15, 0.2) is 23.1 Å². The van der Waals surface area contributed by atoms with Crippen LogP contribution in [0.25, 0.3) is 0 Å². The van der Waals surface area contributed by atoms with Gasteiger partial charge < -0.3 is 14.6 Å². The zero-order valence-corrected chi connectivity index (χ0v) is 13.1. The molecule has 0 saturated heterocycles. The number of rotatable bonds is 9. The fraction of sp³-hybridized carbons (Fsp3) is 0.462. The molecule has 1 aromatic carbocycles. The SMILES string of the molecule is COCCOCCCS(=O)(=O)c1cc(C(=O)O)ccc1Cl. The van der Waals surface area contributed by atoms with Crippen molar-refractivity contribution in [3.63, 3.8) is 0 Å². The molecule has 0 unspecified atom stereocenters. The number of carboxylic acid groups (broad SMARTS) is 1. The highest BCUT2D eigenvalue weighted by molar-refractivity contribution is 7.91. The Morgan fingerprint density at radius 1 is 1.29 bits per heavy atom. The van der Waals surface area contributed by atoms with Gasteiger partial charge in [-0.2, -0.15) is 0 Å². The molecule has 0 spiro atoms. The monoisotopic (exact) mass is 336 g/mol. The number of hydrogen-bond acceptors (Lipinski definition) is 5. The number of carboxylic acids is 1. The molecule has 1 N–H and O–H groups in total. The van der Waals surface area contributed by atoms with Crippen LogP contribution in [0.4, 0.5) is 0 Å². The molecule has 0 amide bonds. The van der Waals surface area contributed by atoms with Crippen molar-refractivity contribution in [3.8, 4) is 0 Å². The van der Waals surface area contributed by atoms with Crippen molar-refractivity contribution in [3.05, 3.63) is 28.8 Å². The van der Waals surface area contributed by atoms with Crippen molar-refractivity contribution in [2.75, 3.05) is 32.7 Å². The summed E-state index contributed by atoms with van der Waals surface area (Å²) in [5.41, 5.74) is -0.116. The molecule has 0 bridgehead atoms. The van der Waals surface area contributed by atoms with E-state index in [1.165, 1.54) is 12.1 Å². The van der Waals surface area contributed by atoms with Gasteiger partial charge in [0.1, 0.15) is 0 Å². The van der Waals surface area contributed by atoms with Crippen LogP contribution < -0.4 is 0 Å². The Kier molecular flexibility index (Phi) is 7.10. The number of benzene rings is 1. The number of sulfone groups is 1. The van der Waals surface area contributed by atoms with Crippen molar-refractivity contribution in [1.82, 2.24) is 0 Å². The molecule has 0 saturated carbocycles. The van der Waals surface area contributed by atoms with Crippen LogP contribution in [0, 0.1) is 0 Å². The lowest BCUT2D eigenvalue weighted by Gasteiger charge is -2.08. The smallest absolute Gasteiger partial charge is 0.335 e. The van der Waals surface area contributed by atoms with Crippen molar-refractivity contribution in [2.24, 2.45) is 0 Å². The molecule has 0 fully saturated rings. The minimum Gasteiger partial charge on any atom is -0.478 e. The molecule has 6 nitrogen and oxygen atoms in total. The van der Waals surface area contributed by atoms with E-state index in [-0.39, 0.29) is 27.8 Å². The van der Waals surface area contributed by atoms with Crippen molar-refractivity contribution >= 4 is 27.4 Å². The molecule has 0 atom stereocenters. The standard InChI is InChI=1S/C13H17ClO6S/c1-19-6-7-20-5-2-8-21(17,18)12-9-10(13(15)16)3-4-11(12)14/h3-4,9H,2,5-8H2,1H3,(H,15,16). The molecule has 0 aliphatic rings. The number of methoxy groups -OCH3 is 1. The van der Waals surface area contributed by atoms with E-state index < -0.39 is 15.8 Å². The summed E-state index contributed by atoms with van der Waals surface area (Å²) in [5.74, 6) is -1.37. The molecule has 0 aliphatic carbocycles. The van der Waals surface area contributed by atoms with Gasteiger partial charge in [0, 0.05) is 13.7 Å². The average Bonchev–Trinajstić information content (AvgIpc) is 2.42. The van der Waals surface area contributed by atoms with E-state index in [0.717, 1.165) is 6.07 Å². The maximum atomic E-state index is 12.2. The van der Waals surface area contributed by atoms with Gasteiger partial charge in [0.2, 0.25) is 0 Å². The molecule has 0 radical (unpaired) electrons. The van der Waals surface area contributed by atoms with Crippen molar-refractivity contribution in [1.29, 1.82) is 0 Å². The summed E-state index contributed by atoms with van der Waals surface area (Å²) in [6.07, 6.45) is 0.291. The molecule has 0 heterocycles. The van der Waals surface area contributed by atoms with E-state index in [0.29, 0.717) is 19.6 Å². The summed E-state index contributed by atoms with van der Waals surface area (Å²) in [7, 11) is -2.10. The van der Waals surface area contributed by atoms with Crippen LogP contribution in [-0.4, -0.2) is 52.2 Å². The van der Waals surface area contributed by atoms with Gasteiger partial charge in [-0.15, -0.1) is 0 Å². The fourth-order valence-corrected chi connectivity index (χ4v) is 3.44. The Balaban J connectivity index is 2.70. The lowest BCUT2D eigenvalue weighted by Crippen LogP contribution is -2.12. The lowest BCUT2D eigenvalue weighted by atomic mass is 10.2. The first-order valence-corrected chi connectivity index (χ1v) is 8.24. The van der Waals surface area contributed by atoms with Gasteiger partial charge >= 0.3 is 5.97 Å². The molecular formula is C13H17ClO6S. The third-order valence-corrected chi connectivity index (χ3v) is 4.92. The predicted octanol–water partition coefficient (Wildman–Crippen LogP) is 1.87. The fourth-order valence-electron chi connectivity index (χ4n) is 1.58. The van der Waals surface area contributed by atoms with E-state index in [2.05, 4.69) is 0 Å². The van der Waals surface area contributed by atoms with E-state index in [9.17, 15) is 13.2 Å². The highest BCUT2D eigenvalue weighted by atomic mass is 35.5. The van der Waals surface area contributed by atoms with Gasteiger partial charge in [-0.05, 0) is 24.6 Å². The van der Waals surface area contributed by atoms with E-state index in [1.807, 2.05) is 0 Å². The van der Waals surface area contributed by atoms with E-state index in [4.69, 9.17) is 26.2 Å². The first kappa shape index (κ1) is 17.9. The third kappa shape index (κ3) is 5.62. The van der Waals surface area contributed by atoms with Crippen LogP contribution in [-0.2, 0) is 19.3 Å². The van der Waals surface area contributed by atoms with Crippen molar-refractivity contribution < 1.29 is 27.8 Å². The van der Waals surface area contributed by atoms with E-state index in [1.54, 1.807) is 7.11 Å². The number of halogens is 1. The van der Waals surface area contributed by atoms with Crippen LogP contribution in [0.2, 0.25) is 5.02 Å². The second-order valence-corrected chi connectivity index (χ2v) is 6.71. The topological polar surface area (TPSA) is 89.9 Å². The summed E-state index contributed by atoms with van der Waals surface area (Å²) in [5, 5.41) is 8.91.